The van der Waals surface area contributed by atoms with Crippen LogP contribution < -0.4 is 16.4 Å². The summed E-state index contributed by atoms with van der Waals surface area (Å²) in [6, 6.07) is 7.94. The summed E-state index contributed by atoms with van der Waals surface area (Å²) in [5.41, 5.74) is 7.46. The lowest BCUT2D eigenvalue weighted by molar-refractivity contribution is 1.14. The van der Waals surface area contributed by atoms with Crippen LogP contribution in [0.4, 0.5) is 22.5 Å². The Labute approximate surface area is 125 Å². The molecule has 0 spiro atoms. The highest BCUT2D eigenvalue weighted by Gasteiger charge is 2.10. The van der Waals surface area contributed by atoms with E-state index in [1.54, 1.807) is 17.4 Å². The van der Waals surface area contributed by atoms with Gasteiger partial charge in [-0.3, -0.25) is 0 Å². The Hall–Kier alpha value is -2.67. The van der Waals surface area contributed by atoms with Gasteiger partial charge in [0.2, 0.25) is 0 Å². The molecular weight excluding hydrogens is 284 g/mol. The molecule has 21 heavy (non-hydrogen) atoms. The topological polar surface area (TPSA) is 88.8 Å². The number of thiazole rings is 1. The van der Waals surface area contributed by atoms with Gasteiger partial charge in [-0.25, -0.2) is 15.0 Å². The number of para-hydroxylation sites is 1. The lowest BCUT2D eigenvalue weighted by Gasteiger charge is -2.09. The van der Waals surface area contributed by atoms with Crippen LogP contribution in [0, 0.1) is 0 Å². The lowest BCUT2D eigenvalue weighted by atomic mass is 10.3. The third kappa shape index (κ3) is 2.77. The third-order valence-corrected chi connectivity index (χ3v) is 3.77. The maximum Gasteiger partial charge on any atom is 0.189 e. The molecule has 4 N–H and O–H groups in total. The number of nitrogens with two attached hydrogens (primary N) is 1. The molecule has 0 aliphatic carbocycles. The van der Waals surface area contributed by atoms with Crippen molar-refractivity contribution < 1.29 is 0 Å². The number of hydrogen-bond donors (Lipinski definition) is 3. The van der Waals surface area contributed by atoms with Crippen LogP contribution in [0.5, 0.6) is 0 Å². The predicted octanol–water partition coefficient (Wildman–Crippen LogP) is 3.01. The summed E-state index contributed by atoms with van der Waals surface area (Å²) in [5, 5.41) is 6.95. The molecule has 6 nitrogen and oxygen atoms in total. The second-order valence-electron chi connectivity index (χ2n) is 4.27. The van der Waals surface area contributed by atoms with E-state index < -0.39 is 0 Å². The Kier molecular flexibility index (Phi) is 3.65. The van der Waals surface area contributed by atoms with Gasteiger partial charge in [0.1, 0.15) is 12.0 Å². The van der Waals surface area contributed by atoms with Crippen molar-refractivity contribution in [1.82, 2.24) is 15.0 Å². The van der Waals surface area contributed by atoms with E-state index >= 15 is 0 Å². The summed E-state index contributed by atoms with van der Waals surface area (Å²) in [4.78, 5) is 12.8. The number of aromatic nitrogens is 3. The zero-order chi connectivity index (χ0) is 14.7. The van der Waals surface area contributed by atoms with Crippen LogP contribution in [0.3, 0.4) is 0 Å². The van der Waals surface area contributed by atoms with E-state index in [1.807, 2.05) is 24.3 Å². The van der Waals surface area contributed by atoms with Gasteiger partial charge in [0.05, 0.1) is 10.2 Å². The number of anilines is 4. The van der Waals surface area contributed by atoms with Crippen LogP contribution in [-0.4, -0.2) is 21.5 Å². The molecule has 0 saturated carbocycles. The van der Waals surface area contributed by atoms with Crippen LogP contribution in [0.15, 0.2) is 43.2 Å². The summed E-state index contributed by atoms with van der Waals surface area (Å²) >= 11 is 1.55. The van der Waals surface area contributed by atoms with Crippen molar-refractivity contribution in [3.8, 4) is 0 Å². The maximum absolute atomic E-state index is 6.06. The van der Waals surface area contributed by atoms with Crippen LogP contribution in [-0.2, 0) is 0 Å². The Bertz CT molecular complexity index is 749. The first-order valence-electron chi connectivity index (χ1n) is 6.36. The van der Waals surface area contributed by atoms with Crippen molar-refractivity contribution in [2.75, 3.05) is 22.9 Å². The second-order valence-corrected chi connectivity index (χ2v) is 5.30. The third-order valence-electron chi connectivity index (χ3n) is 2.82. The number of nitrogen functional groups attached to an aromatic ring is 1. The molecular formula is C14H14N6S. The van der Waals surface area contributed by atoms with E-state index in [9.17, 15) is 0 Å². The molecule has 0 fully saturated rings. The molecule has 0 saturated heterocycles. The van der Waals surface area contributed by atoms with Crippen LogP contribution in [0.25, 0.3) is 10.2 Å². The molecule has 2 heterocycles. The number of nitrogens with one attached hydrogen (secondary N) is 2. The van der Waals surface area contributed by atoms with Crippen molar-refractivity contribution in [2.45, 2.75) is 0 Å². The molecule has 7 heteroatoms. The van der Waals surface area contributed by atoms with E-state index in [0.29, 0.717) is 23.9 Å². The molecule has 2 aromatic heterocycles. The van der Waals surface area contributed by atoms with E-state index in [1.165, 1.54) is 6.33 Å². The molecule has 3 aromatic rings. The summed E-state index contributed by atoms with van der Waals surface area (Å²) in [6.07, 6.45) is 3.19. The highest BCUT2D eigenvalue weighted by Crippen LogP contribution is 2.30. The van der Waals surface area contributed by atoms with E-state index in [0.717, 1.165) is 15.3 Å². The van der Waals surface area contributed by atoms with Gasteiger partial charge in [0.25, 0.3) is 0 Å². The van der Waals surface area contributed by atoms with Gasteiger partial charge in [-0.05, 0) is 12.1 Å². The highest BCUT2D eigenvalue weighted by molar-refractivity contribution is 7.22. The minimum atomic E-state index is 0.457. The SMILES string of the molecule is C=CCNc1ncnc(Nc2nc3ccccc3s2)c1N. The molecule has 0 aliphatic heterocycles. The largest absolute Gasteiger partial charge is 0.393 e. The summed E-state index contributed by atoms with van der Waals surface area (Å²) < 4.78 is 1.11. The predicted molar refractivity (Wildman–Crippen MR) is 88.0 cm³/mol. The zero-order valence-corrected chi connectivity index (χ0v) is 12.0. The average molecular weight is 298 g/mol. The first-order valence-corrected chi connectivity index (χ1v) is 7.17. The fraction of sp³-hybridized carbons (Fsp3) is 0.0714. The molecule has 0 aliphatic rings. The minimum absolute atomic E-state index is 0.457. The number of rotatable bonds is 5. The molecule has 1 aromatic carbocycles. The number of nitrogens with zero attached hydrogens (tertiary/aromatic N) is 3. The van der Waals surface area contributed by atoms with Gasteiger partial charge in [0, 0.05) is 6.54 Å². The van der Waals surface area contributed by atoms with Gasteiger partial charge in [-0.15, -0.1) is 6.58 Å². The number of fused-ring (bicyclic) bond motifs is 1. The fourth-order valence-electron chi connectivity index (χ4n) is 1.83. The van der Waals surface area contributed by atoms with Crippen molar-refractivity contribution in [3.63, 3.8) is 0 Å². The van der Waals surface area contributed by atoms with Gasteiger partial charge in [-0.2, -0.15) is 0 Å². The molecule has 0 amide bonds. The first kappa shape index (κ1) is 13.3. The Morgan fingerprint density at radius 3 is 2.86 bits per heavy atom. The molecule has 0 bridgehead atoms. The van der Waals surface area contributed by atoms with E-state index in [2.05, 4.69) is 32.2 Å². The van der Waals surface area contributed by atoms with Gasteiger partial charge >= 0.3 is 0 Å². The van der Waals surface area contributed by atoms with Crippen molar-refractivity contribution in [3.05, 3.63) is 43.2 Å². The molecule has 0 radical (unpaired) electrons. The van der Waals surface area contributed by atoms with E-state index in [-0.39, 0.29) is 0 Å². The Morgan fingerprint density at radius 1 is 1.24 bits per heavy atom. The first-order chi connectivity index (χ1) is 10.3. The van der Waals surface area contributed by atoms with Crippen LogP contribution in [0.2, 0.25) is 0 Å². The normalized spacial score (nSPS) is 10.5. The summed E-state index contributed by atoms with van der Waals surface area (Å²) in [6.45, 7) is 4.23. The smallest absolute Gasteiger partial charge is 0.189 e. The molecule has 0 unspecified atom stereocenters. The second kappa shape index (κ2) is 5.76. The van der Waals surface area contributed by atoms with Crippen LogP contribution in [0.1, 0.15) is 0 Å². The minimum Gasteiger partial charge on any atom is -0.393 e. The molecule has 3 rings (SSSR count). The number of benzene rings is 1. The monoisotopic (exact) mass is 298 g/mol. The summed E-state index contributed by atoms with van der Waals surface area (Å²) in [7, 11) is 0. The molecule has 106 valence electrons. The lowest BCUT2D eigenvalue weighted by Crippen LogP contribution is -2.07. The maximum atomic E-state index is 6.06. The van der Waals surface area contributed by atoms with Gasteiger partial charge in [0.15, 0.2) is 16.8 Å². The quantitative estimate of drug-likeness (QED) is 0.627. The fourth-order valence-corrected chi connectivity index (χ4v) is 2.70. The van der Waals surface area contributed by atoms with Crippen LogP contribution >= 0.6 is 11.3 Å². The Balaban J connectivity index is 1.88. The zero-order valence-electron chi connectivity index (χ0n) is 11.2. The molecule has 0 atom stereocenters. The van der Waals surface area contributed by atoms with Crippen molar-refractivity contribution >= 4 is 44.0 Å². The highest BCUT2D eigenvalue weighted by atomic mass is 32.1. The standard InChI is InChI=1S/C14H14N6S/c1-2-7-16-12-11(15)13(18-8-17-12)20-14-19-9-5-3-4-6-10(9)21-14/h2-6,8H,1,7,15H2,(H2,16,17,18,19,20). The summed E-state index contributed by atoms with van der Waals surface area (Å²) in [5.74, 6) is 1.11. The van der Waals surface area contributed by atoms with Gasteiger partial charge in [-0.1, -0.05) is 29.5 Å². The average Bonchev–Trinajstić information content (AvgIpc) is 2.90. The van der Waals surface area contributed by atoms with Gasteiger partial charge < -0.3 is 16.4 Å². The van der Waals surface area contributed by atoms with E-state index in [4.69, 9.17) is 5.73 Å². The number of hydrogen-bond acceptors (Lipinski definition) is 7. The Morgan fingerprint density at radius 2 is 2.05 bits per heavy atom. The van der Waals surface area contributed by atoms with Crippen molar-refractivity contribution in [1.29, 1.82) is 0 Å². The van der Waals surface area contributed by atoms with Crippen molar-refractivity contribution in [2.24, 2.45) is 0 Å².